The van der Waals surface area contributed by atoms with Gasteiger partial charge in [0.15, 0.2) is 0 Å². The van der Waals surface area contributed by atoms with Crippen LogP contribution in [0.2, 0.25) is 0 Å². The Balaban J connectivity index is 1.90. The van der Waals surface area contributed by atoms with Gasteiger partial charge in [0.05, 0.1) is 11.8 Å². The maximum Gasteiger partial charge on any atom is 0.138 e. The molecule has 0 spiro atoms. The molecule has 2 rings (SSSR count). The first kappa shape index (κ1) is 10.4. The molecule has 82 valence electrons. The normalized spacial score (nSPS) is 24.9. The van der Waals surface area contributed by atoms with Crippen molar-refractivity contribution < 1.29 is 10.2 Å². The molecule has 0 aliphatic heterocycles. The standard InChI is InChI=1S/C11H16N2O2/c1-7-2-3-11(15)10(13-7)6-12-8-4-9(14)5-8/h2-3,8-9,12,14-15H,4-6H2,1H3. The van der Waals surface area contributed by atoms with Crippen LogP contribution < -0.4 is 5.32 Å². The molecule has 1 aliphatic carbocycles. The third kappa shape index (κ3) is 2.46. The van der Waals surface area contributed by atoms with E-state index in [1.54, 1.807) is 12.1 Å². The molecule has 0 unspecified atom stereocenters. The molecule has 1 aromatic rings. The molecule has 0 amide bonds. The first-order valence-electron chi connectivity index (χ1n) is 5.22. The molecule has 4 heteroatoms. The molecule has 0 aromatic carbocycles. The van der Waals surface area contributed by atoms with E-state index in [4.69, 9.17) is 5.11 Å². The number of pyridine rings is 1. The first-order valence-corrected chi connectivity index (χ1v) is 5.22. The number of nitrogens with one attached hydrogen (secondary N) is 1. The number of aromatic nitrogens is 1. The van der Waals surface area contributed by atoms with Gasteiger partial charge in [0.1, 0.15) is 5.75 Å². The van der Waals surface area contributed by atoms with E-state index < -0.39 is 0 Å². The molecule has 15 heavy (non-hydrogen) atoms. The van der Waals surface area contributed by atoms with Crippen molar-refractivity contribution in [1.29, 1.82) is 0 Å². The fourth-order valence-electron chi connectivity index (χ4n) is 1.73. The Morgan fingerprint density at radius 2 is 2.20 bits per heavy atom. The third-order valence-electron chi connectivity index (χ3n) is 2.76. The molecule has 0 bridgehead atoms. The van der Waals surface area contributed by atoms with Gasteiger partial charge in [-0.3, -0.25) is 4.98 Å². The predicted molar refractivity (Wildman–Crippen MR) is 56.5 cm³/mol. The number of hydrogen-bond acceptors (Lipinski definition) is 4. The highest BCUT2D eigenvalue weighted by atomic mass is 16.3. The summed E-state index contributed by atoms with van der Waals surface area (Å²) in [5.74, 6) is 0.230. The molecule has 0 atom stereocenters. The SMILES string of the molecule is Cc1ccc(O)c(CNC2CC(O)C2)n1. The lowest BCUT2D eigenvalue weighted by Crippen LogP contribution is -2.43. The van der Waals surface area contributed by atoms with Crippen LogP contribution in [0.25, 0.3) is 0 Å². The molecule has 1 heterocycles. The number of aryl methyl sites for hydroxylation is 1. The Bertz CT molecular complexity index is 348. The maximum absolute atomic E-state index is 9.54. The van der Waals surface area contributed by atoms with Gasteiger partial charge < -0.3 is 15.5 Å². The van der Waals surface area contributed by atoms with Crippen molar-refractivity contribution >= 4 is 0 Å². The average molecular weight is 208 g/mol. The summed E-state index contributed by atoms with van der Waals surface area (Å²) in [5, 5.41) is 21.9. The van der Waals surface area contributed by atoms with Crippen LogP contribution in [0.3, 0.4) is 0 Å². The summed E-state index contributed by atoms with van der Waals surface area (Å²) >= 11 is 0. The molecule has 1 aromatic heterocycles. The summed E-state index contributed by atoms with van der Waals surface area (Å²) in [6.07, 6.45) is 1.45. The molecule has 0 saturated heterocycles. The summed E-state index contributed by atoms with van der Waals surface area (Å²) in [6.45, 7) is 2.46. The van der Waals surface area contributed by atoms with Crippen molar-refractivity contribution in [2.24, 2.45) is 0 Å². The fraction of sp³-hybridized carbons (Fsp3) is 0.545. The van der Waals surface area contributed by atoms with E-state index in [1.165, 1.54) is 0 Å². The number of aliphatic hydroxyl groups excluding tert-OH is 1. The number of aliphatic hydroxyl groups is 1. The Hall–Kier alpha value is -1.13. The maximum atomic E-state index is 9.54. The molecular weight excluding hydrogens is 192 g/mol. The van der Waals surface area contributed by atoms with E-state index in [2.05, 4.69) is 10.3 Å². The van der Waals surface area contributed by atoms with Gasteiger partial charge in [-0.05, 0) is 31.9 Å². The van der Waals surface area contributed by atoms with Crippen LogP contribution in [-0.2, 0) is 6.54 Å². The molecule has 4 nitrogen and oxygen atoms in total. The third-order valence-corrected chi connectivity index (χ3v) is 2.76. The predicted octanol–water partition coefficient (Wildman–Crippen LogP) is 0.709. The highest BCUT2D eigenvalue weighted by Gasteiger charge is 2.26. The quantitative estimate of drug-likeness (QED) is 0.684. The summed E-state index contributed by atoms with van der Waals surface area (Å²) < 4.78 is 0. The van der Waals surface area contributed by atoms with E-state index in [9.17, 15) is 5.11 Å². The van der Waals surface area contributed by atoms with Crippen molar-refractivity contribution in [3.63, 3.8) is 0 Å². The topological polar surface area (TPSA) is 65.4 Å². The number of hydrogen-bond donors (Lipinski definition) is 3. The van der Waals surface area contributed by atoms with Crippen molar-refractivity contribution in [2.45, 2.75) is 38.5 Å². The number of rotatable bonds is 3. The highest BCUT2D eigenvalue weighted by molar-refractivity contribution is 5.27. The Kier molecular flexibility index (Phi) is 2.88. The molecule has 0 radical (unpaired) electrons. The van der Waals surface area contributed by atoms with Crippen molar-refractivity contribution in [1.82, 2.24) is 10.3 Å². The molecule has 1 fully saturated rings. The lowest BCUT2D eigenvalue weighted by atomic mass is 9.89. The van der Waals surface area contributed by atoms with E-state index in [0.29, 0.717) is 18.3 Å². The summed E-state index contributed by atoms with van der Waals surface area (Å²) in [5.41, 5.74) is 1.58. The van der Waals surface area contributed by atoms with Gasteiger partial charge in [-0.25, -0.2) is 0 Å². The fourth-order valence-corrected chi connectivity index (χ4v) is 1.73. The van der Waals surface area contributed by atoms with Crippen LogP contribution in [-0.4, -0.2) is 27.3 Å². The average Bonchev–Trinajstić information content (AvgIpc) is 2.16. The Morgan fingerprint density at radius 3 is 2.87 bits per heavy atom. The largest absolute Gasteiger partial charge is 0.506 e. The summed E-state index contributed by atoms with van der Waals surface area (Å²) in [6, 6.07) is 3.81. The Morgan fingerprint density at radius 1 is 1.47 bits per heavy atom. The molecule has 3 N–H and O–H groups in total. The van der Waals surface area contributed by atoms with Crippen molar-refractivity contribution in [3.8, 4) is 5.75 Å². The van der Waals surface area contributed by atoms with E-state index in [-0.39, 0.29) is 11.9 Å². The second-order valence-corrected chi connectivity index (χ2v) is 4.12. The van der Waals surface area contributed by atoms with Gasteiger partial charge in [-0.15, -0.1) is 0 Å². The van der Waals surface area contributed by atoms with Crippen LogP contribution >= 0.6 is 0 Å². The lowest BCUT2D eigenvalue weighted by Gasteiger charge is -2.32. The zero-order chi connectivity index (χ0) is 10.8. The van der Waals surface area contributed by atoms with Crippen LogP contribution in [0.15, 0.2) is 12.1 Å². The highest BCUT2D eigenvalue weighted by Crippen LogP contribution is 2.21. The van der Waals surface area contributed by atoms with Crippen molar-refractivity contribution in [2.75, 3.05) is 0 Å². The lowest BCUT2D eigenvalue weighted by molar-refractivity contribution is 0.0617. The van der Waals surface area contributed by atoms with Gasteiger partial charge in [-0.2, -0.15) is 0 Å². The first-order chi connectivity index (χ1) is 7.15. The van der Waals surface area contributed by atoms with Gasteiger partial charge >= 0.3 is 0 Å². The molecule has 1 aliphatic rings. The van der Waals surface area contributed by atoms with Gasteiger partial charge in [0.2, 0.25) is 0 Å². The van der Waals surface area contributed by atoms with Crippen LogP contribution in [0.4, 0.5) is 0 Å². The number of nitrogens with zero attached hydrogens (tertiary/aromatic N) is 1. The molecular formula is C11H16N2O2. The zero-order valence-corrected chi connectivity index (χ0v) is 8.77. The minimum absolute atomic E-state index is 0.151. The van der Waals surface area contributed by atoms with Gasteiger partial charge in [0, 0.05) is 18.3 Å². The van der Waals surface area contributed by atoms with Crippen LogP contribution in [0.1, 0.15) is 24.2 Å². The van der Waals surface area contributed by atoms with E-state index in [0.717, 1.165) is 18.5 Å². The van der Waals surface area contributed by atoms with E-state index >= 15 is 0 Å². The van der Waals surface area contributed by atoms with Gasteiger partial charge in [-0.1, -0.05) is 0 Å². The zero-order valence-electron chi connectivity index (χ0n) is 8.77. The van der Waals surface area contributed by atoms with Crippen LogP contribution in [0.5, 0.6) is 5.75 Å². The smallest absolute Gasteiger partial charge is 0.138 e. The summed E-state index contributed by atoms with van der Waals surface area (Å²) in [4.78, 5) is 4.25. The van der Waals surface area contributed by atoms with Crippen molar-refractivity contribution in [3.05, 3.63) is 23.5 Å². The minimum Gasteiger partial charge on any atom is -0.506 e. The van der Waals surface area contributed by atoms with E-state index in [1.807, 2.05) is 6.92 Å². The summed E-state index contributed by atoms with van der Waals surface area (Å²) in [7, 11) is 0. The van der Waals surface area contributed by atoms with Gasteiger partial charge in [0.25, 0.3) is 0 Å². The molecule has 1 saturated carbocycles. The second kappa shape index (κ2) is 4.16. The second-order valence-electron chi connectivity index (χ2n) is 4.12. The number of aromatic hydroxyl groups is 1. The van der Waals surface area contributed by atoms with Crippen LogP contribution in [0, 0.1) is 6.92 Å². The monoisotopic (exact) mass is 208 g/mol. The minimum atomic E-state index is -0.151. The Labute approximate surface area is 89.0 Å².